The zero-order valence-corrected chi connectivity index (χ0v) is 7.96. The van der Waals surface area contributed by atoms with Crippen LogP contribution in [0.25, 0.3) is 0 Å². The molecule has 0 amide bonds. The van der Waals surface area contributed by atoms with Crippen LogP contribution in [0.3, 0.4) is 0 Å². The molecule has 15 heavy (non-hydrogen) atoms. The molecular weight excluding hydrogens is 200 g/mol. The van der Waals surface area contributed by atoms with Crippen molar-refractivity contribution in [2.24, 2.45) is 5.73 Å². The van der Waals surface area contributed by atoms with E-state index in [2.05, 4.69) is 0 Å². The lowest BCUT2D eigenvalue weighted by molar-refractivity contribution is -0.385. The van der Waals surface area contributed by atoms with Crippen molar-refractivity contribution in [1.82, 2.24) is 0 Å². The van der Waals surface area contributed by atoms with Crippen LogP contribution in [0, 0.1) is 10.1 Å². The summed E-state index contributed by atoms with van der Waals surface area (Å²) in [5, 5.41) is 29.1. The van der Waals surface area contributed by atoms with E-state index in [-0.39, 0.29) is 30.0 Å². The highest BCUT2D eigenvalue weighted by atomic mass is 16.6. The summed E-state index contributed by atoms with van der Waals surface area (Å²) in [6, 6.07) is 3.70. The van der Waals surface area contributed by atoms with Crippen LogP contribution in [0.5, 0.6) is 5.75 Å². The number of nitro groups is 1. The number of nitrogens with two attached hydrogens (primary N) is 1. The lowest BCUT2D eigenvalue weighted by atomic mass is 10.1. The van der Waals surface area contributed by atoms with Gasteiger partial charge in [0.15, 0.2) is 0 Å². The first-order valence-electron chi connectivity index (χ1n) is 4.39. The van der Waals surface area contributed by atoms with E-state index in [1.54, 1.807) is 0 Å². The zero-order chi connectivity index (χ0) is 11.4. The van der Waals surface area contributed by atoms with Gasteiger partial charge in [0, 0.05) is 24.6 Å². The minimum Gasteiger partial charge on any atom is -0.508 e. The molecule has 6 heteroatoms. The van der Waals surface area contributed by atoms with E-state index in [9.17, 15) is 15.2 Å². The molecule has 0 spiro atoms. The summed E-state index contributed by atoms with van der Waals surface area (Å²) in [7, 11) is 0. The van der Waals surface area contributed by atoms with Gasteiger partial charge in [-0.1, -0.05) is 0 Å². The van der Waals surface area contributed by atoms with Crippen molar-refractivity contribution < 1.29 is 15.1 Å². The number of phenols is 1. The molecule has 82 valence electrons. The Morgan fingerprint density at radius 1 is 1.53 bits per heavy atom. The van der Waals surface area contributed by atoms with Crippen LogP contribution in [0.1, 0.15) is 5.56 Å². The standard InChI is InChI=1S/C9H12N2O4/c10-5-8(13)4-6-3-7(12)1-2-9(6)11(14)15/h1-3,8,12-13H,4-5,10H2. The monoisotopic (exact) mass is 212 g/mol. The SMILES string of the molecule is NCC(O)Cc1cc(O)ccc1[N+](=O)[O-]. The maximum Gasteiger partial charge on any atom is 0.272 e. The fraction of sp³-hybridized carbons (Fsp3) is 0.333. The number of phenolic OH excluding ortho intramolecular Hbond substituents is 1. The van der Waals surface area contributed by atoms with Crippen LogP contribution in [-0.2, 0) is 6.42 Å². The third-order valence-electron chi connectivity index (χ3n) is 1.99. The number of aliphatic hydroxyl groups is 1. The van der Waals surface area contributed by atoms with E-state index in [4.69, 9.17) is 10.8 Å². The van der Waals surface area contributed by atoms with E-state index < -0.39 is 11.0 Å². The first-order valence-corrected chi connectivity index (χ1v) is 4.39. The number of nitro benzene ring substituents is 1. The molecule has 0 aliphatic carbocycles. The fourth-order valence-electron chi connectivity index (χ4n) is 1.25. The molecule has 1 unspecified atom stereocenters. The molecule has 0 radical (unpaired) electrons. The molecule has 1 aromatic rings. The van der Waals surface area contributed by atoms with Crippen molar-refractivity contribution in [3.63, 3.8) is 0 Å². The first-order chi connectivity index (χ1) is 7.04. The minimum absolute atomic E-state index is 0.0206. The van der Waals surface area contributed by atoms with Crippen molar-refractivity contribution in [3.05, 3.63) is 33.9 Å². The Morgan fingerprint density at radius 2 is 2.20 bits per heavy atom. The van der Waals surface area contributed by atoms with Gasteiger partial charge in [-0.15, -0.1) is 0 Å². The Bertz CT molecular complexity index is 367. The molecule has 4 N–H and O–H groups in total. The number of hydrogen-bond acceptors (Lipinski definition) is 5. The molecule has 0 heterocycles. The second-order valence-corrected chi connectivity index (χ2v) is 3.16. The lowest BCUT2D eigenvalue weighted by Crippen LogP contribution is -2.22. The lowest BCUT2D eigenvalue weighted by Gasteiger charge is -2.08. The zero-order valence-electron chi connectivity index (χ0n) is 7.96. The Hall–Kier alpha value is -1.66. The van der Waals surface area contributed by atoms with Gasteiger partial charge in [0.1, 0.15) is 5.75 Å². The van der Waals surface area contributed by atoms with Crippen LogP contribution in [0.15, 0.2) is 18.2 Å². The molecule has 0 fully saturated rings. The van der Waals surface area contributed by atoms with E-state index in [0.717, 1.165) is 0 Å². The summed E-state index contributed by atoms with van der Waals surface area (Å²) in [6.45, 7) is 0.0206. The molecule has 0 saturated heterocycles. The molecule has 0 saturated carbocycles. The van der Waals surface area contributed by atoms with Crippen LogP contribution in [-0.4, -0.2) is 27.8 Å². The molecular formula is C9H12N2O4. The summed E-state index contributed by atoms with van der Waals surface area (Å²) in [4.78, 5) is 10.1. The van der Waals surface area contributed by atoms with Crippen molar-refractivity contribution in [3.8, 4) is 5.75 Å². The predicted molar refractivity (Wildman–Crippen MR) is 53.5 cm³/mol. The minimum atomic E-state index is -0.842. The molecule has 1 atom stereocenters. The predicted octanol–water partition coefficient (Wildman–Crippen LogP) is 0.162. The summed E-state index contributed by atoms with van der Waals surface area (Å²) in [6.07, 6.45) is -0.785. The maximum atomic E-state index is 10.6. The average Bonchev–Trinajstić information content (AvgIpc) is 2.17. The highest BCUT2D eigenvalue weighted by Gasteiger charge is 2.16. The van der Waals surface area contributed by atoms with E-state index in [0.29, 0.717) is 0 Å². The largest absolute Gasteiger partial charge is 0.508 e. The normalized spacial score (nSPS) is 12.4. The Balaban J connectivity index is 3.02. The van der Waals surface area contributed by atoms with Gasteiger partial charge in [0.05, 0.1) is 11.0 Å². The van der Waals surface area contributed by atoms with Crippen molar-refractivity contribution in [1.29, 1.82) is 0 Å². The fourth-order valence-corrected chi connectivity index (χ4v) is 1.25. The molecule has 0 aliphatic rings. The molecule has 0 bridgehead atoms. The number of nitrogens with zero attached hydrogens (tertiary/aromatic N) is 1. The van der Waals surface area contributed by atoms with Gasteiger partial charge in [0.25, 0.3) is 5.69 Å². The summed E-state index contributed by atoms with van der Waals surface area (Å²) in [5.74, 6) is -0.0696. The van der Waals surface area contributed by atoms with Crippen molar-refractivity contribution in [2.45, 2.75) is 12.5 Å². The molecule has 0 aromatic heterocycles. The number of benzene rings is 1. The van der Waals surface area contributed by atoms with Crippen molar-refractivity contribution >= 4 is 5.69 Å². The first kappa shape index (κ1) is 11.4. The number of rotatable bonds is 4. The summed E-state index contributed by atoms with van der Waals surface area (Å²) in [5.41, 5.74) is 5.35. The van der Waals surface area contributed by atoms with E-state index in [1.165, 1.54) is 18.2 Å². The molecule has 1 aromatic carbocycles. The van der Waals surface area contributed by atoms with Crippen LogP contribution in [0.4, 0.5) is 5.69 Å². The molecule has 6 nitrogen and oxygen atoms in total. The third-order valence-corrected chi connectivity index (χ3v) is 1.99. The second-order valence-electron chi connectivity index (χ2n) is 3.16. The maximum absolute atomic E-state index is 10.6. The van der Waals surface area contributed by atoms with Gasteiger partial charge in [-0.3, -0.25) is 10.1 Å². The van der Waals surface area contributed by atoms with E-state index in [1.807, 2.05) is 0 Å². The summed E-state index contributed by atoms with van der Waals surface area (Å²) >= 11 is 0. The number of hydrogen-bond donors (Lipinski definition) is 3. The van der Waals surface area contributed by atoms with Gasteiger partial charge in [-0.2, -0.15) is 0 Å². The Morgan fingerprint density at radius 3 is 2.73 bits per heavy atom. The average molecular weight is 212 g/mol. The van der Waals surface area contributed by atoms with Gasteiger partial charge < -0.3 is 15.9 Å². The van der Waals surface area contributed by atoms with Crippen LogP contribution < -0.4 is 5.73 Å². The van der Waals surface area contributed by atoms with Gasteiger partial charge in [-0.05, 0) is 12.1 Å². The quantitative estimate of drug-likeness (QED) is 0.486. The second kappa shape index (κ2) is 4.72. The highest BCUT2D eigenvalue weighted by Crippen LogP contribution is 2.24. The van der Waals surface area contributed by atoms with Crippen LogP contribution in [0.2, 0.25) is 0 Å². The van der Waals surface area contributed by atoms with Crippen LogP contribution >= 0.6 is 0 Å². The van der Waals surface area contributed by atoms with Gasteiger partial charge in [0.2, 0.25) is 0 Å². The number of aromatic hydroxyl groups is 1. The summed E-state index contributed by atoms with van der Waals surface area (Å²) < 4.78 is 0. The van der Waals surface area contributed by atoms with Crippen molar-refractivity contribution in [2.75, 3.05) is 6.54 Å². The third kappa shape index (κ3) is 2.90. The molecule has 1 rings (SSSR count). The topological polar surface area (TPSA) is 110 Å². The van der Waals surface area contributed by atoms with Gasteiger partial charge >= 0.3 is 0 Å². The Labute approximate surface area is 86.1 Å². The van der Waals surface area contributed by atoms with E-state index >= 15 is 0 Å². The Kier molecular flexibility index (Phi) is 3.59. The molecule has 0 aliphatic heterocycles. The number of aliphatic hydroxyl groups excluding tert-OH is 1. The smallest absolute Gasteiger partial charge is 0.272 e. The van der Waals surface area contributed by atoms with Gasteiger partial charge in [-0.25, -0.2) is 0 Å². The highest BCUT2D eigenvalue weighted by molar-refractivity contribution is 5.45.